The van der Waals surface area contributed by atoms with Crippen molar-refractivity contribution in [1.82, 2.24) is 0 Å². The number of hydrogen-bond acceptors (Lipinski definition) is 1. The number of nitrogens with one attached hydrogen (secondary N) is 1. The molecule has 0 spiro atoms. The minimum absolute atomic E-state index is 0.335. The van der Waals surface area contributed by atoms with E-state index in [9.17, 15) is 18.0 Å². The summed E-state index contributed by atoms with van der Waals surface area (Å²) in [6, 6.07) is 4.66. The maximum Gasteiger partial charge on any atom is 0.418 e. The fraction of sp³-hybridized carbons (Fsp3) is 0.364. The van der Waals surface area contributed by atoms with E-state index in [1.165, 1.54) is 19.1 Å². The smallest absolute Gasteiger partial charge is 0.324 e. The van der Waals surface area contributed by atoms with Gasteiger partial charge in [-0.1, -0.05) is 12.1 Å². The van der Waals surface area contributed by atoms with E-state index in [1.54, 1.807) is 0 Å². The molecule has 2 nitrogen and oxygen atoms in total. The van der Waals surface area contributed by atoms with Gasteiger partial charge in [0.15, 0.2) is 0 Å². The van der Waals surface area contributed by atoms with Crippen molar-refractivity contribution in [3.05, 3.63) is 29.8 Å². The number of anilines is 1. The van der Waals surface area contributed by atoms with Crippen molar-refractivity contribution in [3.8, 4) is 0 Å². The van der Waals surface area contributed by atoms with Crippen molar-refractivity contribution < 1.29 is 18.0 Å². The Kier molecular flexibility index (Phi) is 4.87. The van der Waals surface area contributed by atoms with Gasteiger partial charge in [0.1, 0.15) is 5.38 Å². The quantitative estimate of drug-likeness (QED) is 0.843. The second-order valence-electron chi connectivity index (χ2n) is 3.61. The third-order valence-corrected chi connectivity index (χ3v) is 3.10. The lowest BCUT2D eigenvalue weighted by Gasteiger charge is -2.16. The predicted octanol–water partition coefficient (Wildman–Crippen LogP) is 3.88. The Balaban J connectivity index is 2.95. The van der Waals surface area contributed by atoms with Gasteiger partial charge in [0.2, 0.25) is 5.91 Å². The number of carbonyl (C=O) groups is 1. The summed E-state index contributed by atoms with van der Waals surface area (Å²) in [6.07, 6.45) is -4.54. The molecule has 7 heteroatoms. The molecule has 0 aliphatic carbocycles. The highest BCUT2D eigenvalue weighted by Crippen LogP contribution is 2.34. The first kappa shape index (κ1) is 15.1. The number of amides is 1. The van der Waals surface area contributed by atoms with Gasteiger partial charge in [-0.2, -0.15) is 13.2 Å². The normalized spacial score (nSPS) is 15.0. The minimum atomic E-state index is -4.54. The molecule has 1 aromatic rings. The maximum atomic E-state index is 12.6. The van der Waals surface area contributed by atoms with Crippen LogP contribution in [0.5, 0.6) is 0 Å². The van der Waals surface area contributed by atoms with Crippen LogP contribution < -0.4 is 5.32 Å². The number of halogens is 5. The van der Waals surface area contributed by atoms with E-state index < -0.39 is 28.4 Å². The van der Waals surface area contributed by atoms with E-state index in [4.69, 9.17) is 23.2 Å². The SMILES string of the molecule is C[C@H](Cl)[C@H](Cl)C(=O)Nc1ccccc1C(F)(F)F. The average molecular weight is 300 g/mol. The molecular formula is C11H10Cl2F3NO. The molecule has 0 bridgehead atoms. The van der Waals surface area contributed by atoms with Crippen LogP contribution >= 0.6 is 23.2 Å². The van der Waals surface area contributed by atoms with Crippen LogP contribution in [0.25, 0.3) is 0 Å². The van der Waals surface area contributed by atoms with E-state index in [-0.39, 0.29) is 5.69 Å². The molecule has 1 N–H and O–H groups in total. The van der Waals surface area contributed by atoms with Crippen molar-refractivity contribution in [2.24, 2.45) is 0 Å². The van der Waals surface area contributed by atoms with Gasteiger partial charge in [0.25, 0.3) is 0 Å². The Hall–Kier alpha value is -0.940. The van der Waals surface area contributed by atoms with E-state index >= 15 is 0 Å². The highest BCUT2D eigenvalue weighted by atomic mass is 35.5. The molecule has 0 aliphatic rings. The van der Waals surface area contributed by atoms with Gasteiger partial charge in [0, 0.05) is 0 Å². The summed E-state index contributed by atoms with van der Waals surface area (Å²) < 4.78 is 37.9. The monoisotopic (exact) mass is 299 g/mol. The maximum absolute atomic E-state index is 12.6. The van der Waals surface area contributed by atoms with Crippen LogP contribution in [0, 0.1) is 0 Å². The molecule has 0 aromatic heterocycles. The van der Waals surface area contributed by atoms with Gasteiger partial charge < -0.3 is 5.32 Å². The first-order valence-electron chi connectivity index (χ1n) is 4.98. The topological polar surface area (TPSA) is 29.1 Å². The Labute approximate surface area is 112 Å². The first-order valence-corrected chi connectivity index (χ1v) is 5.86. The Morgan fingerprint density at radius 3 is 2.33 bits per heavy atom. The van der Waals surface area contributed by atoms with Gasteiger partial charge in [-0.25, -0.2) is 0 Å². The molecule has 1 amide bonds. The van der Waals surface area contributed by atoms with E-state index in [1.807, 2.05) is 0 Å². The number of para-hydroxylation sites is 1. The zero-order valence-electron chi connectivity index (χ0n) is 9.26. The molecule has 0 unspecified atom stereocenters. The lowest BCUT2D eigenvalue weighted by Crippen LogP contribution is -2.30. The molecular weight excluding hydrogens is 290 g/mol. The van der Waals surface area contributed by atoms with Crippen LogP contribution in [0.4, 0.5) is 18.9 Å². The molecule has 0 heterocycles. The number of carbonyl (C=O) groups excluding carboxylic acids is 1. The van der Waals surface area contributed by atoms with E-state index in [0.29, 0.717) is 0 Å². The van der Waals surface area contributed by atoms with E-state index in [0.717, 1.165) is 12.1 Å². The fourth-order valence-electron chi connectivity index (χ4n) is 1.25. The Bertz CT molecular complexity index is 435. The molecule has 100 valence electrons. The average Bonchev–Trinajstić information content (AvgIpc) is 2.27. The van der Waals surface area contributed by atoms with Crippen molar-refractivity contribution in [2.75, 3.05) is 5.32 Å². The summed E-state index contributed by atoms with van der Waals surface area (Å²) in [6.45, 7) is 1.48. The molecule has 0 aliphatic heterocycles. The molecule has 0 radical (unpaired) electrons. The number of benzene rings is 1. The summed E-state index contributed by atoms with van der Waals surface area (Å²) in [7, 11) is 0. The highest BCUT2D eigenvalue weighted by molar-refractivity contribution is 6.38. The van der Waals surface area contributed by atoms with Gasteiger partial charge in [-0.3, -0.25) is 4.79 Å². The molecule has 0 saturated heterocycles. The highest BCUT2D eigenvalue weighted by Gasteiger charge is 2.34. The molecule has 1 rings (SSSR count). The van der Waals surface area contributed by atoms with Crippen molar-refractivity contribution >= 4 is 34.8 Å². The molecule has 0 saturated carbocycles. The van der Waals surface area contributed by atoms with E-state index in [2.05, 4.69) is 5.32 Å². The van der Waals surface area contributed by atoms with Crippen LogP contribution in [0.1, 0.15) is 12.5 Å². The van der Waals surface area contributed by atoms with Crippen molar-refractivity contribution in [1.29, 1.82) is 0 Å². The van der Waals surface area contributed by atoms with Crippen LogP contribution in [0.15, 0.2) is 24.3 Å². The molecule has 18 heavy (non-hydrogen) atoms. The van der Waals surface area contributed by atoms with Gasteiger partial charge in [-0.05, 0) is 19.1 Å². The first-order chi connectivity index (χ1) is 8.23. The van der Waals surface area contributed by atoms with Gasteiger partial charge in [-0.15, -0.1) is 23.2 Å². The van der Waals surface area contributed by atoms with Crippen LogP contribution in [0.2, 0.25) is 0 Å². The fourth-order valence-corrected chi connectivity index (χ4v) is 1.42. The summed E-state index contributed by atoms with van der Waals surface area (Å²) in [5.41, 5.74) is -1.26. The molecule has 2 atom stereocenters. The zero-order valence-corrected chi connectivity index (χ0v) is 10.8. The Morgan fingerprint density at radius 2 is 1.83 bits per heavy atom. The Morgan fingerprint density at radius 1 is 1.28 bits per heavy atom. The van der Waals surface area contributed by atoms with Gasteiger partial charge >= 0.3 is 6.18 Å². The third kappa shape index (κ3) is 3.78. The summed E-state index contributed by atoms with van der Waals surface area (Å²) in [5, 5.41) is 0.329. The second kappa shape index (κ2) is 5.80. The summed E-state index contributed by atoms with van der Waals surface area (Å²) >= 11 is 11.3. The number of alkyl halides is 5. The summed E-state index contributed by atoms with van der Waals surface area (Å²) in [4.78, 5) is 11.5. The standard InChI is InChI=1S/C11H10Cl2F3NO/c1-6(12)9(13)10(18)17-8-5-3-2-4-7(8)11(14,15)16/h2-6,9H,1H3,(H,17,18)/t6-,9-/m0/s1. The largest absolute Gasteiger partial charge is 0.418 e. The van der Waals surface area contributed by atoms with Gasteiger partial charge in [0.05, 0.1) is 16.6 Å². The number of hydrogen-bond donors (Lipinski definition) is 1. The van der Waals surface area contributed by atoms with Crippen LogP contribution in [-0.2, 0) is 11.0 Å². The predicted molar refractivity (Wildman–Crippen MR) is 65.0 cm³/mol. The second-order valence-corrected chi connectivity index (χ2v) is 4.77. The lowest BCUT2D eigenvalue weighted by molar-refractivity contribution is -0.137. The molecule has 0 fully saturated rings. The third-order valence-electron chi connectivity index (χ3n) is 2.14. The van der Waals surface area contributed by atoms with Crippen molar-refractivity contribution in [3.63, 3.8) is 0 Å². The van der Waals surface area contributed by atoms with Crippen molar-refractivity contribution in [2.45, 2.75) is 23.9 Å². The summed E-state index contributed by atoms with van der Waals surface area (Å²) in [5.74, 6) is -0.768. The van der Waals surface area contributed by atoms with Crippen LogP contribution in [0.3, 0.4) is 0 Å². The lowest BCUT2D eigenvalue weighted by atomic mass is 10.1. The van der Waals surface area contributed by atoms with Crippen LogP contribution in [-0.4, -0.2) is 16.7 Å². The number of rotatable bonds is 3. The zero-order chi connectivity index (χ0) is 13.9. The minimum Gasteiger partial charge on any atom is -0.324 e. The molecule has 1 aromatic carbocycles.